The van der Waals surface area contributed by atoms with Crippen LogP contribution in [0.3, 0.4) is 0 Å². The van der Waals surface area contributed by atoms with Gasteiger partial charge in [-0.3, -0.25) is 9.59 Å². The minimum absolute atomic E-state index is 0.0344. The molecule has 1 heterocycles. The molecule has 144 valence electrons. The summed E-state index contributed by atoms with van der Waals surface area (Å²) in [5.74, 6) is 1.42. The molecule has 1 saturated heterocycles. The van der Waals surface area contributed by atoms with Gasteiger partial charge < -0.3 is 20.1 Å². The van der Waals surface area contributed by atoms with Crippen LogP contribution in [0.2, 0.25) is 0 Å². The van der Waals surface area contributed by atoms with Crippen LogP contribution in [0.25, 0.3) is 0 Å². The van der Waals surface area contributed by atoms with E-state index in [9.17, 15) is 9.59 Å². The zero-order valence-corrected chi connectivity index (χ0v) is 16.2. The molecule has 1 aromatic rings. The van der Waals surface area contributed by atoms with Gasteiger partial charge in [0.1, 0.15) is 0 Å². The van der Waals surface area contributed by atoms with Gasteiger partial charge in [-0.25, -0.2) is 0 Å². The lowest BCUT2D eigenvalue weighted by Gasteiger charge is -2.30. The fourth-order valence-electron chi connectivity index (χ4n) is 3.37. The summed E-state index contributed by atoms with van der Waals surface area (Å²) in [6.07, 6.45) is 3.82. The fourth-order valence-corrected chi connectivity index (χ4v) is 3.37. The Balaban J connectivity index is 2.09. The normalized spacial score (nSPS) is 20.4. The van der Waals surface area contributed by atoms with E-state index in [1.54, 1.807) is 14.2 Å². The minimum Gasteiger partial charge on any atom is -0.493 e. The molecule has 1 fully saturated rings. The molecule has 2 amide bonds. The van der Waals surface area contributed by atoms with Gasteiger partial charge in [0.2, 0.25) is 11.8 Å². The predicted octanol–water partition coefficient (Wildman–Crippen LogP) is 2.59. The molecule has 2 rings (SSSR count). The summed E-state index contributed by atoms with van der Waals surface area (Å²) in [4.78, 5) is 24.1. The molecule has 0 saturated carbocycles. The average molecular weight is 362 g/mol. The van der Waals surface area contributed by atoms with Crippen molar-refractivity contribution in [3.8, 4) is 11.5 Å². The molecular weight excluding hydrogens is 332 g/mol. The van der Waals surface area contributed by atoms with Crippen LogP contribution in [-0.4, -0.2) is 37.6 Å². The van der Waals surface area contributed by atoms with Crippen LogP contribution >= 0.6 is 0 Å². The number of rotatable bonds is 9. The quantitative estimate of drug-likeness (QED) is 0.708. The lowest BCUT2D eigenvalue weighted by Crippen LogP contribution is -2.45. The molecule has 2 unspecified atom stereocenters. The Morgan fingerprint density at radius 1 is 1.31 bits per heavy atom. The van der Waals surface area contributed by atoms with Crippen molar-refractivity contribution < 1.29 is 19.1 Å². The number of benzene rings is 1. The molecular formula is C20H30N2O4. The SMILES string of the molecule is CCC(C)NC(=O)CCC1(Cc2ccc(OC)c(OC)c2)CCC(=O)N1. The molecule has 6 nitrogen and oxygen atoms in total. The Hall–Kier alpha value is -2.24. The van der Waals surface area contributed by atoms with E-state index in [2.05, 4.69) is 10.6 Å². The Kier molecular flexibility index (Phi) is 6.89. The van der Waals surface area contributed by atoms with Gasteiger partial charge >= 0.3 is 0 Å². The topological polar surface area (TPSA) is 76.7 Å². The maximum atomic E-state index is 12.2. The predicted molar refractivity (Wildman–Crippen MR) is 100 cm³/mol. The van der Waals surface area contributed by atoms with Gasteiger partial charge in [0, 0.05) is 24.4 Å². The van der Waals surface area contributed by atoms with Crippen molar-refractivity contribution >= 4 is 11.8 Å². The molecule has 1 aliphatic rings. The molecule has 1 aliphatic heterocycles. The number of nitrogens with one attached hydrogen (secondary N) is 2. The van der Waals surface area contributed by atoms with E-state index in [1.165, 1.54) is 0 Å². The zero-order valence-electron chi connectivity index (χ0n) is 16.2. The minimum atomic E-state index is -0.385. The van der Waals surface area contributed by atoms with Gasteiger partial charge in [-0.1, -0.05) is 13.0 Å². The van der Waals surface area contributed by atoms with E-state index in [0.717, 1.165) is 18.4 Å². The summed E-state index contributed by atoms with van der Waals surface area (Å²) >= 11 is 0. The van der Waals surface area contributed by atoms with E-state index >= 15 is 0 Å². The van der Waals surface area contributed by atoms with Crippen molar-refractivity contribution in [2.75, 3.05) is 14.2 Å². The largest absolute Gasteiger partial charge is 0.493 e. The lowest BCUT2D eigenvalue weighted by atomic mass is 9.84. The standard InChI is InChI=1S/C20H30N2O4/c1-5-14(2)21-18(23)8-10-20(11-9-19(24)22-20)13-15-6-7-16(25-3)17(12-15)26-4/h6-7,12,14H,5,8-11,13H2,1-4H3,(H,21,23)(H,22,24). The summed E-state index contributed by atoms with van der Waals surface area (Å²) in [6, 6.07) is 5.95. The molecule has 0 spiro atoms. The number of carbonyl (C=O) groups is 2. The lowest BCUT2D eigenvalue weighted by molar-refractivity contribution is -0.123. The number of hydrogen-bond donors (Lipinski definition) is 2. The van der Waals surface area contributed by atoms with Crippen molar-refractivity contribution in [3.63, 3.8) is 0 Å². The zero-order chi connectivity index (χ0) is 19.2. The van der Waals surface area contributed by atoms with Gasteiger partial charge in [0.25, 0.3) is 0 Å². The second-order valence-electron chi connectivity index (χ2n) is 7.07. The summed E-state index contributed by atoms with van der Waals surface area (Å²) in [6.45, 7) is 4.04. The van der Waals surface area contributed by atoms with Crippen molar-refractivity contribution in [1.82, 2.24) is 10.6 Å². The highest BCUT2D eigenvalue weighted by Gasteiger charge is 2.38. The molecule has 26 heavy (non-hydrogen) atoms. The van der Waals surface area contributed by atoms with Crippen LogP contribution < -0.4 is 20.1 Å². The highest BCUT2D eigenvalue weighted by atomic mass is 16.5. The van der Waals surface area contributed by atoms with E-state index < -0.39 is 0 Å². The molecule has 1 aromatic carbocycles. The molecule has 0 bridgehead atoms. The summed E-state index contributed by atoms with van der Waals surface area (Å²) in [5, 5.41) is 6.10. The smallest absolute Gasteiger partial charge is 0.220 e. The second-order valence-corrected chi connectivity index (χ2v) is 7.07. The Morgan fingerprint density at radius 3 is 2.62 bits per heavy atom. The van der Waals surface area contributed by atoms with E-state index in [-0.39, 0.29) is 23.4 Å². The Bertz CT molecular complexity index is 647. The van der Waals surface area contributed by atoms with Crippen LogP contribution in [0.15, 0.2) is 18.2 Å². The van der Waals surface area contributed by atoms with Crippen LogP contribution in [0.1, 0.15) is 51.5 Å². The van der Waals surface area contributed by atoms with Crippen LogP contribution in [0, 0.1) is 0 Å². The number of hydrogen-bond acceptors (Lipinski definition) is 4. The molecule has 0 radical (unpaired) electrons. The Morgan fingerprint density at radius 2 is 2.04 bits per heavy atom. The Labute approximate surface area is 155 Å². The fraction of sp³-hybridized carbons (Fsp3) is 0.600. The maximum Gasteiger partial charge on any atom is 0.220 e. The average Bonchev–Trinajstić information content (AvgIpc) is 3.00. The number of methoxy groups -OCH3 is 2. The highest BCUT2D eigenvalue weighted by molar-refractivity contribution is 5.80. The first-order valence-corrected chi connectivity index (χ1v) is 9.22. The number of amides is 2. The van der Waals surface area contributed by atoms with Gasteiger partial charge in [-0.2, -0.15) is 0 Å². The number of carbonyl (C=O) groups excluding carboxylic acids is 2. The maximum absolute atomic E-state index is 12.2. The molecule has 2 atom stereocenters. The second kappa shape index (κ2) is 8.92. The summed E-state index contributed by atoms with van der Waals surface area (Å²) in [7, 11) is 3.21. The summed E-state index contributed by atoms with van der Waals surface area (Å²) in [5.41, 5.74) is 0.663. The van der Waals surface area contributed by atoms with Crippen molar-refractivity contribution in [1.29, 1.82) is 0 Å². The highest BCUT2D eigenvalue weighted by Crippen LogP contribution is 2.33. The molecule has 0 aliphatic carbocycles. The van der Waals surface area contributed by atoms with E-state index in [1.807, 2.05) is 32.0 Å². The molecule has 2 N–H and O–H groups in total. The molecule has 6 heteroatoms. The van der Waals surface area contributed by atoms with E-state index in [0.29, 0.717) is 37.2 Å². The van der Waals surface area contributed by atoms with E-state index in [4.69, 9.17) is 9.47 Å². The number of ether oxygens (including phenoxy) is 2. The summed E-state index contributed by atoms with van der Waals surface area (Å²) < 4.78 is 10.7. The van der Waals surface area contributed by atoms with Gasteiger partial charge in [-0.05, 0) is 50.3 Å². The van der Waals surface area contributed by atoms with Crippen LogP contribution in [-0.2, 0) is 16.0 Å². The monoisotopic (exact) mass is 362 g/mol. The van der Waals surface area contributed by atoms with Crippen molar-refractivity contribution in [2.45, 2.75) is 64.0 Å². The first-order chi connectivity index (χ1) is 12.4. The van der Waals surface area contributed by atoms with Gasteiger partial charge in [0.05, 0.1) is 14.2 Å². The molecule has 0 aromatic heterocycles. The van der Waals surface area contributed by atoms with Crippen molar-refractivity contribution in [2.24, 2.45) is 0 Å². The van der Waals surface area contributed by atoms with Crippen LogP contribution in [0.5, 0.6) is 11.5 Å². The first kappa shape index (κ1) is 20.1. The van der Waals surface area contributed by atoms with Crippen LogP contribution in [0.4, 0.5) is 0 Å². The van der Waals surface area contributed by atoms with Gasteiger partial charge in [0.15, 0.2) is 11.5 Å². The third kappa shape index (κ3) is 5.13. The van der Waals surface area contributed by atoms with Gasteiger partial charge in [-0.15, -0.1) is 0 Å². The third-order valence-corrected chi connectivity index (χ3v) is 5.08. The van der Waals surface area contributed by atoms with Crippen molar-refractivity contribution in [3.05, 3.63) is 23.8 Å². The first-order valence-electron chi connectivity index (χ1n) is 9.22. The third-order valence-electron chi connectivity index (χ3n) is 5.08.